The molecular formula is C18H19N3O2S. The van der Waals surface area contributed by atoms with Gasteiger partial charge in [-0.15, -0.1) is 0 Å². The van der Waals surface area contributed by atoms with Crippen molar-refractivity contribution in [1.29, 1.82) is 5.26 Å². The van der Waals surface area contributed by atoms with Gasteiger partial charge >= 0.3 is 0 Å². The maximum Gasteiger partial charge on any atom is 0.244 e. The van der Waals surface area contributed by atoms with Gasteiger partial charge in [0.25, 0.3) is 0 Å². The maximum atomic E-state index is 12.8. The number of aryl methyl sites for hydroxylation is 1. The highest BCUT2D eigenvalue weighted by Gasteiger charge is 2.30. The summed E-state index contributed by atoms with van der Waals surface area (Å²) in [6.07, 6.45) is 0. The summed E-state index contributed by atoms with van der Waals surface area (Å²) < 4.78 is 27.1. The molecular weight excluding hydrogens is 322 g/mol. The summed E-state index contributed by atoms with van der Waals surface area (Å²) in [6, 6.07) is 16.4. The molecule has 0 aliphatic carbocycles. The van der Waals surface area contributed by atoms with Crippen LogP contribution in [0.15, 0.2) is 53.4 Å². The molecule has 1 saturated heterocycles. The third-order valence-electron chi connectivity index (χ3n) is 4.32. The van der Waals surface area contributed by atoms with Crippen LogP contribution in [0.5, 0.6) is 0 Å². The summed E-state index contributed by atoms with van der Waals surface area (Å²) >= 11 is 0. The molecule has 0 radical (unpaired) electrons. The van der Waals surface area contributed by atoms with Crippen LogP contribution < -0.4 is 4.90 Å². The fraction of sp³-hybridized carbons (Fsp3) is 0.278. The molecule has 1 aliphatic rings. The standard InChI is InChI=1S/C18H19N3O2S/c1-15-6-2-4-8-17(15)20-10-12-21(13-11-20)24(22,23)18-9-5-3-7-16(18)14-19/h2-9H,10-13H2,1H3. The molecule has 2 aromatic rings. The quantitative estimate of drug-likeness (QED) is 0.860. The van der Waals surface area contributed by atoms with E-state index in [4.69, 9.17) is 5.26 Å². The van der Waals surface area contributed by atoms with Crippen molar-refractivity contribution in [3.63, 3.8) is 0 Å². The highest BCUT2D eigenvalue weighted by Crippen LogP contribution is 2.24. The molecule has 0 aromatic heterocycles. The zero-order valence-corrected chi connectivity index (χ0v) is 14.3. The van der Waals surface area contributed by atoms with E-state index < -0.39 is 10.0 Å². The largest absolute Gasteiger partial charge is 0.369 e. The van der Waals surface area contributed by atoms with Crippen molar-refractivity contribution in [2.24, 2.45) is 0 Å². The number of nitriles is 1. The molecule has 1 fully saturated rings. The zero-order valence-electron chi connectivity index (χ0n) is 13.5. The van der Waals surface area contributed by atoms with Crippen LogP contribution in [0.2, 0.25) is 0 Å². The highest BCUT2D eigenvalue weighted by atomic mass is 32.2. The second kappa shape index (κ2) is 6.63. The van der Waals surface area contributed by atoms with Gasteiger partial charge in [0, 0.05) is 31.9 Å². The van der Waals surface area contributed by atoms with Crippen LogP contribution in [0.4, 0.5) is 5.69 Å². The zero-order chi connectivity index (χ0) is 17.2. The number of hydrogen-bond acceptors (Lipinski definition) is 4. The number of sulfonamides is 1. The van der Waals surface area contributed by atoms with Gasteiger partial charge in [-0.1, -0.05) is 30.3 Å². The van der Waals surface area contributed by atoms with Crippen molar-refractivity contribution in [1.82, 2.24) is 4.31 Å². The van der Waals surface area contributed by atoms with Crippen molar-refractivity contribution in [2.75, 3.05) is 31.1 Å². The summed E-state index contributed by atoms with van der Waals surface area (Å²) in [5.74, 6) is 0. The Bertz CT molecular complexity index is 879. The first kappa shape index (κ1) is 16.5. The van der Waals surface area contributed by atoms with Crippen molar-refractivity contribution in [2.45, 2.75) is 11.8 Å². The molecule has 0 unspecified atom stereocenters. The second-order valence-corrected chi connectivity index (χ2v) is 7.69. The molecule has 0 atom stereocenters. The van der Waals surface area contributed by atoms with Crippen LogP contribution in [0.3, 0.4) is 0 Å². The Kier molecular flexibility index (Phi) is 4.56. The first-order chi connectivity index (χ1) is 11.5. The molecule has 0 spiro atoms. The third kappa shape index (κ3) is 3.01. The Labute approximate surface area is 142 Å². The van der Waals surface area contributed by atoms with E-state index in [1.165, 1.54) is 22.0 Å². The minimum Gasteiger partial charge on any atom is -0.369 e. The molecule has 24 heavy (non-hydrogen) atoms. The fourth-order valence-electron chi connectivity index (χ4n) is 3.01. The summed E-state index contributed by atoms with van der Waals surface area (Å²) in [4.78, 5) is 2.30. The second-order valence-electron chi connectivity index (χ2n) is 5.79. The topological polar surface area (TPSA) is 64.4 Å². The van der Waals surface area contributed by atoms with E-state index in [9.17, 15) is 8.42 Å². The molecule has 0 N–H and O–H groups in total. The van der Waals surface area contributed by atoms with Crippen molar-refractivity contribution in [3.8, 4) is 6.07 Å². The minimum absolute atomic E-state index is 0.0943. The molecule has 3 rings (SSSR count). The summed E-state index contributed by atoms with van der Waals surface area (Å²) in [6.45, 7) is 4.16. The third-order valence-corrected chi connectivity index (χ3v) is 6.28. The van der Waals surface area contributed by atoms with Crippen LogP contribution in [0.1, 0.15) is 11.1 Å². The van der Waals surface area contributed by atoms with Gasteiger partial charge < -0.3 is 4.90 Å². The molecule has 5 nitrogen and oxygen atoms in total. The van der Waals surface area contributed by atoms with Crippen molar-refractivity contribution >= 4 is 15.7 Å². The molecule has 1 heterocycles. The number of para-hydroxylation sites is 1. The van der Waals surface area contributed by atoms with Crippen LogP contribution in [-0.2, 0) is 10.0 Å². The lowest BCUT2D eigenvalue weighted by atomic mass is 10.1. The molecule has 0 bridgehead atoms. The molecule has 6 heteroatoms. The first-order valence-electron chi connectivity index (χ1n) is 7.84. The van der Waals surface area contributed by atoms with Gasteiger partial charge in [0.05, 0.1) is 10.5 Å². The van der Waals surface area contributed by atoms with Gasteiger partial charge in [0.1, 0.15) is 6.07 Å². The predicted octanol–water partition coefficient (Wildman–Crippen LogP) is 2.38. The Morgan fingerprint density at radius 1 is 0.958 bits per heavy atom. The number of rotatable bonds is 3. The maximum absolute atomic E-state index is 12.8. The Morgan fingerprint density at radius 3 is 2.25 bits per heavy atom. The van der Waals surface area contributed by atoms with E-state index in [0.29, 0.717) is 26.2 Å². The lowest BCUT2D eigenvalue weighted by Gasteiger charge is -2.36. The summed E-state index contributed by atoms with van der Waals surface area (Å²) in [5.41, 5.74) is 2.52. The molecule has 2 aromatic carbocycles. The Balaban J connectivity index is 1.79. The van der Waals surface area contributed by atoms with Crippen molar-refractivity contribution in [3.05, 3.63) is 59.7 Å². The minimum atomic E-state index is -3.64. The van der Waals surface area contributed by atoms with Crippen LogP contribution in [0, 0.1) is 18.3 Å². The number of hydrogen-bond donors (Lipinski definition) is 0. The fourth-order valence-corrected chi connectivity index (χ4v) is 4.57. The van der Waals surface area contributed by atoms with Crippen LogP contribution in [-0.4, -0.2) is 38.9 Å². The van der Waals surface area contributed by atoms with Gasteiger partial charge in [-0.3, -0.25) is 0 Å². The van der Waals surface area contributed by atoms with Gasteiger partial charge in [0.15, 0.2) is 0 Å². The average molecular weight is 341 g/mol. The molecule has 124 valence electrons. The summed E-state index contributed by atoms with van der Waals surface area (Å²) in [5, 5.41) is 9.16. The molecule has 0 amide bonds. The van der Waals surface area contributed by atoms with Crippen molar-refractivity contribution < 1.29 is 8.42 Å². The van der Waals surface area contributed by atoms with E-state index >= 15 is 0 Å². The summed E-state index contributed by atoms with van der Waals surface area (Å²) in [7, 11) is -3.64. The number of benzene rings is 2. The van der Waals surface area contributed by atoms with Crippen LogP contribution >= 0.6 is 0 Å². The van der Waals surface area contributed by atoms with Crippen LogP contribution in [0.25, 0.3) is 0 Å². The molecule has 1 aliphatic heterocycles. The van der Waals surface area contributed by atoms with E-state index in [0.717, 1.165) is 5.69 Å². The number of piperazine rings is 1. The Hall–Kier alpha value is -2.36. The lowest BCUT2D eigenvalue weighted by Crippen LogP contribution is -2.49. The normalized spacial score (nSPS) is 15.9. The lowest BCUT2D eigenvalue weighted by molar-refractivity contribution is 0.384. The SMILES string of the molecule is Cc1ccccc1N1CCN(S(=O)(=O)c2ccccc2C#N)CC1. The number of anilines is 1. The predicted molar refractivity (Wildman–Crippen MR) is 93.3 cm³/mol. The molecule has 0 saturated carbocycles. The van der Waals surface area contributed by atoms with E-state index in [-0.39, 0.29) is 10.5 Å². The van der Waals surface area contributed by atoms with Gasteiger partial charge in [0.2, 0.25) is 10.0 Å². The van der Waals surface area contributed by atoms with E-state index in [1.54, 1.807) is 12.1 Å². The van der Waals surface area contributed by atoms with Gasteiger partial charge in [-0.2, -0.15) is 9.57 Å². The van der Waals surface area contributed by atoms with E-state index in [2.05, 4.69) is 24.0 Å². The smallest absolute Gasteiger partial charge is 0.244 e. The van der Waals surface area contributed by atoms with Gasteiger partial charge in [-0.25, -0.2) is 8.42 Å². The van der Waals surface area contributed by atoms with E-state index in [1.807, 2.05) is 18.2 Å². The average Bonchev–Trinajstić information content (AvgIpc) is 2.62. The first-order valence-corrected chi connectivity index (χ1v) is 9.28. The Morgan fingerprint density at radius 2 is 1.58 bits per heavy atom. The monoisotopic (exact) mass is 341 g/mol. The van der Waals surface area contributed by atoms with Gasteiger partial charge in [-0.05, 0) is 30.7 Å². The highest BCUT2D eigenvalue weighted by molar-refractivity contribution is 7.89. The number of nitrogens with zero attached hydrogens (tertiary/aromatic N) is 3.